The molecule has 3 N–H and O–H groups in total. The summed E-state index contributed by atoms with van der Waals surface area (Å²) >= 11 is 0. The summed E-state index contributed by atoms with van der Waals surface area (Å²) in [5, 5.41) is 9.79. The van der Waals surface area contributed by atoms with Crippen LogP contribution in [0.5, 0.6) is 11.5 Å². The molecule has 76 valence electrons. The maximum absolute atomic E-state index is 9.79. The molecule has 1 aromatic rings. The molecule has 0 fully saturated rings. The van der Waals surface area contributed by atoms with E-state index in [0.717, 1.165) is 0 Å². The summed E-state index contributed by atoms with van der Waals surface area (Å²) < 4.78 is 10.5. The third kappa shape index (κ3) is 1.32. The van der Waals surface area contributed by atoms with Gasteiger partial charge in [0.2, 0.25) is 0 Å². The number of ether oxygens (including phenoxy) is 2. The summed E-state index contributed by atoms with van der Waals surface area (Å²) in [5.41, 5.74) is 6.37. The largest absolute Gasteiger partial charge is 0.493 e. The van der Waals surface area contributed by atoms with Gasteiger partial charge in [-0.2, -0.15) is 0 Å². The highest BCUT2D eigenvalue weighted by atomic mass is 16.5. The second-order valence-electron chi connectivity index (χ2n) is 3.30. The first-order valence-electron chi connectivity index (χ1n) is 4.47. The molecule has 2 atom stereocenters. The first-order chi connectivity index (χ1) is 6.74. The van der Waals surface area contributed by atoms with Crippen LogP contribution in [0.25, 0.3) is 0 Å². The molecule has 0 saturated heterocycles. The zero-order valence-electron chi connectivity index (χ0n) is 7.93. The van der Waals surface area contributed by atoms with Crippen molar-refractivity contribution in [3.8, 4) is 11.5 Å². The number of aliphatic hydroxyl groups excluding tert-OH is 1. The first kappa shape index (κ1) is 9.30. The van der Waals surface area contributed by atoms with Gasteiger partial charge in [0.15, 0.2) is 11.5 Å². The Labute approximate surface area is 82.2 Å². The van der Waals surface area contributed by atoms with E-state index in [0.29, 0.717) is 23.7 Å². The van der Waals surface area contributed by atoms with Crippen molar-refractivity contribution < 1.29 is 14.6 Å². The molecule has 0 amide bonds. The minimum atomic E-state index is -0.672. The van der Waals surface area contributed by atoms with Gasteiger partial charge in [-0.05, 0) is 6.07 Å². The Bertz CT molecular complexity index is 340. The molecule has 2 unspecified atom stereocenters. The summed E-state index contributed by atoms with van der Waals surface area (Å²) in [6.45, 7) is 0.314. The minimum Gasteiger partial charge on any atom is -0.493 e. The average Bonchev–Trinajstić information content (AvgIpc) is 2.23. The smallest absolute Gasteiger partial charge is 0.167 e. The van der Waals surface area contributed by atoms with Crippen molar-refractivity contribution in [1.82, 2.24) is 0 Å². The zero-order chi connectivity index (χ0) is 10.1. The van der Waals surface area contributed by atoms with Crippen LogP contribution in [0.4, 0.5) is 0 Å². The van der Waals surface area contributed by atoms with Crippen LogP contribution in [-0.4, -0.2) is 24.9 Å². The van der Waals surface area contributed by atoms with E-state index in [1.54, 1.807) is 19.2 Å². The van der Waals surface area contributed by atoms with Crippen molar-refractivity contribution in [1.29, 1.82) is 0 Å². The molecule has 4 heteroatoms. The molecule has 1 heterocycles. The molecule has 0 saturated carbocycles. The van der Waals surface area contributed by atoms with E-state index in [2.05, 4.69) is 0 Å². The molecule has 0 aromatic heterocycles. The van der Waals surface area contributed by atoms with Crippen molar-refractivity contribution >= 4 is 0 Å². The fourth-order valence-corrected chi connectivity index (χ4v) is 1.58. The Morgan fingerprint density at radius 2 is 2.36 bits per heavy atom. The highest BCUT2D eigenvalue weighted by molar-refractivity contribution is 5.49. The van der Waals surface area contributed by atoms with Gasteiger partial charge in [0.1, 0.15) is 12.7 Å². The Balaban J connectivity index is 2.47. The van der Waals surface area contributed by atoms with E-state index in [4.69, 9.17) is 15.2 Å². The molecule has 0 bridgehead atoms. The summed E-state index contributed by atoms with van der Waals surface area (Å²) in [5.74, 6) is 1.23. The summed E-state index contributed by atoms with van der Waals surface area (Å²) in [6, 6.07) is 5.03. The summed E-state index contributed by atoms with van der Waals surface area (Å²) in [7, 11) is 1.57. The lowest BCUT2D eigenvalue weighted by Gasteiger charge is -2.28. The summed E-state index contributed by atoms with van der Waals surface area (Å²) in [4.78, 5) is 0. The molecule has 1 aliphatic heterocycles. The van der Waals surface area contributed by atoms with Gasteiger partial charge in [-0.3, -0.25) is 0 Å². The standard InChI is InChI=1S/C10H13NO3/c1-13-8-4-2-3-6-9(12)7(11)5-14-10(6)8/h2-4,7,9,12H,5,11H2,1H3. The number of nitrogens with two attached hydrogens (primary N) is 1. The van der Waals surface area contributed by atoms with Gasteiger partial charge >= 0.3 is 0 Å². The van der Waals surface area contributed by atoms with Crippen LogP contribution in [0.2, 0.25) is 0 Å². The minimum absolute atomic E-state index is 0.314. The number of hydrogen-bond donors (Lipinski definition) is 2. The normalized spacial score (nSPS) is 25.1. The van der Waals surface area contributed by atoms with Crippen LogP contribution >= 0.6 is 0 Å². The maximum atomic E-state index is 9.79. The Hall–Kier alpha value is -1.26. The lowest BCUT2D eigenvalue weighted by molar-refractivity contribution is 0.0893. The molecule has 0 spiro atoms. The molecular formula is C10H13NO3. The Morgan fingerprint density at radius 1 is 1.57 bits per heavy atom. The predicted octanol–water partition coefficient (Wildman–Crippen LogP) is 0.448. The number of methoxy groups -OCH3 is 1. The highest BCUT2D eigenvalue weighted by Gasteiger charge is 2.28. The van der Waals surface area contributed by atoms with E-state index in [1.165, 1.54) is 0 Å². The number of rotatable bonds is 1. The lowest BCUT2D eigenvalue weighted by Crippen LogP contribution is -2.38. The summed E-state index contributed by atoms with van der Waals surface area (Å²) in [6.07, 6.45) is -0.672. The van der Waals surface area contributed by atoms with Crippen molar-refractivity contribution in [3.63, 3.8) is 0 Å². The number of aliphatic hydroxyl groups is 1. The molecule has 1 aromatic carbocycles. The fourth-order valence-electron chi connectivity index (χ4n) is 1.58. The van der Waals surface area contributed by atoms with E-state index >= 15 is 0 Å². The molecule has 14 heavy (non-hydrogen) atoms. The van der Waals surface area contributed by atoms with E-state index < -0.39 is 6.10 Å². The molecule has 0 aliphatic carbocycles. The number of para-hydroxylation sites is 1. The zero-order valence-corrected chi connectivity index (χ0v) is 7.93. The van der Waals surface area contributed by atoms with Crippen LogP contribution in [0.1, 0.15) is 11.7 Å². The second kappa shape index (κ2) is 3.48. The first-order valence-corrected chi connectivity index (χ1v) is 4.47. The SMILES string of the molecule is COc1cccc2c1OCC(N)C2O. The van der Waals surface area contributed by atoms with Gasteiger partial charge in [0.05, 0.1) is 13.2 Å². The van der Waals surface area contributed by atoms with Gasteiger partial charge in [-0.15, -0.1) is 0 Å². The van der Waals surface area contributed by atoms with Gasteiger partial charge in [-0.25, -0.2) is 0 Å². The number of hydrogen-bond acceptors (Lipinski definition) is 4. The second-order valence-corrected chi connectivity index (χ2v) is 3.30. The monoisotopic (exact) mass is 195 g/mol. The molecule has 2 rings (SSSR count). The van der Waals surface area contributed by atoms with Gasteiger partial charge in [-0.1, -0.05) is 12.1 Å². The van der Waals surface area contributed by atoms with Gasteiger partial charge in [0.25, 0.3) is 0 Å². The molecule has 1 aliphatic rings. The highest BCUT2D eigenvalue weighted by Crippen LogP contribution is 2.38. The van der Waals surface area contributed by atoms with E-state index in [1.807, 2.05) is 6.07 Å². The average molecular weight is 195 g/mol. The van der Waals surface area contributed by atoms with Crippen LogP contribution in [0.15, 0.2) is 18.2 Å². The van der Waals surface area contributed by atoms with Gasteiger partial charge < -0.3 is 20.3 Å². The Morgan fingerprint density at radius 3 is 3.07 bits per heavy atom. The van der Waals surface area contributed by atoms with Crippen LogP contribution in [0, 0.1) is 0 Å². The van der Waals surface area contributed by atoms with Crippen molar-refractivity contribution in [2.45, 2.75) is 12.1 Å². The number of fused-ring (bicyclic) bond motifs is 1. The number of benzene rings is 1. The topological polar surface area (TPSA) is 64.7 Å². The van der Waals surface area contributed by atoms with Crippen molar-refractivity contribution in [2.75, 3.05) is 13.7 Å². The van der Waals surface area contributed by atoms with Gasteiger partial charge in [0, 0.05) is 5.56 Å². The van der Waals surface area contributed by atoms with Crippen molar-refractivity contribution in [2.24, 2.45) is 5.73 Å². The van der Waals surface area contributed by atoms with E-state index in [-0.39, 0.29) is 6.04 Å². The predicted molar refractivity (Wildman–Crippen MR) is 51.4 cm³/mol. The third-order valence-electron chi connectivity index (χ3n) is 2.37. The van der Waals surface area contributed by atoms with Crippen LogP contribution in [-0.2, 0) is 0 Å². The fraction of sp³-hybridized carbons (Fsp3) is 0.400. The molecule has 0 radical (unpaired) electrons. The quantitative estimate of drug-likeness (QED) is 0.682. The molecule has 4 nitrogen and oxygen atoms in total. The third-order valence-corrected chi connectivity index (χ3v) is 2.37. The molecular weight excluding hydrogens is 182 g/mol. The Kier molecular flexibility index (Phi) is 2.31. The maximum Gasteiger partial charge on any atom is 0.167 e. The van der Waals surface area contributed by atoms with Crippen LogP contribution < -0.4 is 15.2 Å². The van der Waals surface area contributed by atoms with Crippen molar-refractivity contribution in [3.05, 3.63) is 23.8 Å². The lowest BCUT2D eigenvalue weighted by atomic mass is 9.99. The van der Waals surface area contributed by atoms with E-state index in [9.17, 15) is 5.11 Å². The van der Waals surface area contributed by atoms with Crippen LogP contribution in [0.3, 0.4) is 0 Å².